The molecule has 0 saturated heterocycles. The van der Waals surface area contributed by atoms with Gasteiger partial charge in [0.25, 0.3) is 0 Å². The first kappa shape index (κ1) is 14.1. The van der Waals surface area contributed by atoms with E-state index in [1.165, 1.54) is 10.5 Å². The summed E-state index contributed by atoms with van der Waals surface area (Å²) in [5.41, 5.74) is 1.33. The lowest BCUT2D eigenvalue weighted by atomic mass is 10.1. The number of nitrogens with zero attached hydrogens (tertiary/aromatic N) is 3. The van der Waals surface area contributed by atoms with Crippen molar-refractivity contribution >= 4 is 11.8 Å². The van der Waals surface area contributed by atoms with E-state index in [4.69, 9.17) is 0 Å². The lowest BCUT2D eigenvalue weighted by Gasteiger charge is -2.14. The van der Waals surface area contributed by atoms with Crippen LogP contribution in [0.2, 0.25) is 0 Å². The second-order valence-electron chi connectivity index (χ2n) is 4.47. The molecule has 102 valence electrons. The van der Waals surface area contributed by atoms with E-state index in [-0.39, 0.29) is 0 Å². The van der Waals surface area contributed by atoms with Crippen LogP contribution < -0.4 is 5.32 Å². The number of aromatic nitrogens is 3. The van der Waals surface area contributed by atoms with Gasteiger partial charge in [0.05, 0.1) is 6.20 Å². The highest BCUT2D eigenvalue weighted by molar-refractivity contribution is 7.98. The lowest BCUT2D eigenvalue weighted by molar-refractivity contribution is 0.499. The molecule has 0 aliphatic heterocycles. The predicted molar refractivity (Wildman–Crippen MR) is 79.3 cm³/mol. The van der Waals surface area contributed by atoms with Gasteiger partial charge in [0, 0.05) is 23.7 Å². The molecule has 2 rings (SSSR count). The summed E-state index contributed by atoms with van der Waals surface area (Å²) >= 11 is 1.77. The van der Waals surface area contributed by atoms with Crippen LogP contribution >= 0.6 is 11.8 Å². The second-order valence-corrected chi connectivity index (χ2v) is 5.35. The van der Waals surface area contributed by atoms with Crippen molar-refractivity contribution in [2.24, 2.45) is 0 Å². The first-order valence-corrected chi connectivity index (χ1v) is 7.73. The second kappa shape index (κ2) is 7.31. The molecule has 19 heavy (non-hydrogen) atoms. The molecule has 0 aliphatic carbocycles. The van der Waals surface area contributed by atoms with Crippen molar-refractivity contribution in [2.45, 2.75) is 30.8 Å². The van der Waals surface area contributed by atoms with Crippen LogP contribution in [-0.4, -0.2) is 27.8 Å². The molecular weight excluding hydrogens is 256 g/mol. The lowest BCUT2D eigenvalue weighted by Crippen LogP contribution is -2.21. The molecule has 0 bridgehead atoms. The number of hydrogen-bond donors (Lipinski definition) is 1. The Bertz CT molecular complexity index is 467. The smallest absolute Gasteiger partial charge is 0.0692 e. The van der Waals surface area contributed by atoms with E-state index in [0.717, 1.165) is 19.5 Å². The molecule has 1 heterocycles. The minimum absolute atomic E-state index is 0.381. The molecule has 1 atom stereocenters. The molecule has 0 amide bonds. The van der Waals surface area contributed by atoms with Crippen LogP contribution in [0.5, 0.6) is 0 Å². The van der Waals surface area contributed by atoms with Crippen molar-refractivity contribution in [1.82, 2.24) is 20.3 Å². The predicted octanol–water partition coefficient (Wildman–Crippen LogP) is 2.74. The quantitative estimate of drug-likeness (QED) is 0.624. The summed E-state index contributed by atoms with van der Waals surface area (Å²) < 4.78 is 1.86. The summed E-state index contributed by atoms with van der Waals surface area (Å²) in [5.74, 6) is 0. The van der Waals surface area contributed by atoms with Gasteiger partial charge in [0.2, 0.25) is 0 Å². The first-order chi connectivity index (χ1) is 9.29. The molecule has 0 spiro atoms. The van der Waals surface area contributed by atoms with Crippen LogP contribution in [0.4, 0.5) is 0 Å². The summed E-state index contributed by atoms with van der Waals surface area (Å²) in [7, 11) is 0. The Hall–Kier alpha value is -1.33. The zero-order chi connectivity index (χ0) is 13.5. The molecule has 5 heteroatoms. The van der Waals surface area contributed by atoms with E-state index in [1.54, 1.807) is 18.0 Å². The van der Waals surface area contributed by atoms with Gasteiger partial charge in [-0.2, -0.15) is 0 Å². The average Bonchev–Trinajstić information content (AvgIpc) is 2.96. The fraction of sp³-hybridized carbons (Fsp3) is 0.429. The third kappa shape index (κ3) is 4.36. The molecule has 1 N–H and O–H groups in total. The van der Waals surface area contributed by atoms with Crippen LogP contribution in [0.1, 0.15) is 24.9 Å². The minimum atomic E-state index is 0.381. The molecule has 1 aromatic carbocycles. The van der Waals surface area contributed by atoms with Gasteiger partial charge in [-0.05, 0) is 43.8 Å². The number of rotatable bonds is 7. The summed E-state index contributed by atoms with van der Waals surface area (Å²) in [5, 5.41) is 11.3. The van der Waals surface area contributed by atoms with Crippen molar-refractivity contribution in [3.8, 4) is 0 Å². The van der Waals surface area contributed by atoms with Crippen molar-refractivity contribution in [1.29, 1.82) is 0 Å². The van der Waals surface area contributed by atoms with E-state index in [2.05, 4.69) is 53.1 Å². The highest BCUT2D eigenvalue weighted by Crippen LogP contribution is 2.18. The van der Waals surface area contributed by atoms with Gasteiger partial charge in [0.1, 0.15) is 0 Å². The Morgan fingerprint density at radius 2 is 2.11 bits per heavy atom. The summed E-state index contributed by atoms with van der Waals surface area (Å²) in [4.78, 5) is 1.31. The van der Waals surface area contributed by atoms with Crippen LogP contribution in [-0.2, 0) is 6.54 Å². The van der Waals surface area contributed by atoms with Crippen LogP contribution in [0, 0.1) is 0 Å². The molecule has 0 saturated carbocycles. The van der Waals surface area contributed by atoms with E-state index in [0.29, 0.717) is 6.04 Å². The Kier molecular flexibility index (Phi) is 5.42. The van der Waals surface area contributed by atoms with Crippen molar-refractivity contribution in [3.05, 3.63) is 42.2 Å². The Labute approximate surface area is 118 Å². The molecule has 0 fully saturated rings. The zero-order valence-electron chi connectivity index (χ0n) is 11.4. The maximum Gasteiger partial charge on any atom is 0.0692 e. The monoisotopic (exact) mass is 276 g/mol. The van der Waals surface area contributed by atoms with Crippen molar-refractivity contribution < 1.29 is 0 Å². The largest absolute Gasteiger partial charge is 0.310 e. The topological polar surface area (TPSA) is 42.7 Å². The van der Waals surface area contributed by atoms with E-state index < -0.39 is 0 Å². The molecule has 1 aromatic heterocycles. The minimum Gasteiger partial charge on any atom is -0.310 e. The fourth-order valence-corrected chi connectivity index (χ4v) is 2.33. The molecular formula is C14H20N4S. The fourth-order valence-electron chi connectivity index (χ4n) is 1.92. The highest BCUT2D eigenvalue weighted by Gasteiger charge is 2.04. The molecule has 0 aliphatic rings. The van der Waals surface area contributed by atoms with E-state index >= 15 is 0 Å². The zero-order valence-corrected chi connectivity index (χ0v) is 12.2. The highest BCUT2D eigenvalue weighted by atomic mass is 32.2. The van der Waals surface area contributed by atoms with Gasteiger partial charge in [-0.25, -0.2) is 0 Å². The number of thioether (sulfide) groups is 1. The van der Waals surface area contributed by atoms with Crippen molar-refractivity contribution in [2.75, 3.05) is 12.8 Å². The van der Waals surface area contributed by atoms with E-state index in [9.17, 15) is 0 Å². The summed E-state index contributed by atoms with van der Waals surface area (Å²) in [6.45, 7) is 4.08. The maximum atomic E-state index is 3.95. The number of nitrogens with one attached hydrogen (secondary N) is 1. The maximum absolute atomic E-state index is 3.95. The van der Waals surface area contributed by atoms with Crippen LogP contribution in [0.3, 0.4) is 0 Å². The Balaban J connectivity index is 1.72. The van der Waals surface area contributed by atoms with Gasteiger partial charge < -0.3 is 5.32 Å². The van der Waals surface area contributed by atoms with Gasteiger partial charge in [0.15, 0.2) is 0 Å². The molecule has 4 nitrogen and oxygen atoms in total. The van der Waals surface area contributed by atoms with Crippen LogP contribution in [0.25, 0.3) is 0 Å². The summed E-state index contributed by atoms with van der Waals surface area (Å²) in [6.07, 6.45) is 6.76. The molecule has 2 aromatic rings. The normalized spacial score (nSPS) is 12.5. The Morgan fingerprint density at radius 3 is 2.74 bits per heavy atom. The van der Waals surface area contributed by atoms with Gasteiger partial charge >= 0.3 is 0 Å². The van der Waals surface area contributed by atoms with Gasteiger partial charge in [-0.15, -0.1) is 16.9 Å². The van der Waals surface area contributed by atoms with E-state index in [1.807, 2.05) is 10.9 Å². The van der Waals surface area contributed by atoms with Crippen LogP contribution in [0.15, 0.2) is 41.6 Å². The van der Waals surface area contributed by atoms with Gasteiger partial charge in [-0.3, -0.25) is 4.68 Å². The number of hydrogen-bond acceptors (Lipinski definition) is 4. The SMILES string of the molecule is CSc1ccc(C(C)NCCCn2ccnn2)cc1. The Morgan fingerprint density at radius 1 is 1.32 bits per heavy atom. The van der Waals surface area contributed by atoms with Gasteiger partial charge in [-0.1, -0.05) is 17.3 Å². The summed E-state index contributed by atoms with van der Waals surface area (Å²) in [6, 6.07) is 9.12. The standard InChI is InChI=1S/C14H20N4S/c1-12(13-4-6-14(19-2)7-5-13)15-8-3-10-18-11-9-16-17-18/h4-7,9,11-12,15H,3,8,10H2,1-2H3. The molecule has 0 radical (unpaired) electrons. The van der Waals surface area contributed by atoms with Crippen molar-refractivity contribution in [3.63, 3.8) is 0 Å². The third-order valence-electron chi connectivity index (χ3n) is 3.10. The first-order valence-electron chi connectivity index (χ1n) is 6.51. The number of aryl methyl sites for hydroxylation is 1. The average molecular weight is 276 g/mol. The molecule has 1 unspecified atom stereocenters. The number of benzene rings is 1. The third-order valence-corrected chi connectivity index (χ3v) is 3.85.